The number of hydrogen-bond donors (Lipinski definition) is 1. The van der Waals surface area contributed by atoms with Gasteiger partial charge < -0.3 is 10.1 Å². The summed E-state index contributed by atoms with van der Waals surface area (Å²) in [6, 6.07) is 0.399. The van der Waals surface area contributed by atoms with Crippen LogP contribution in [0.15, 0.2) is 0 Å². The van der Waals surface area contributed by atoms with Gasteiger partial charge in [0, 0.05) is 12.6 Å². The maximum absolute atomic E-state index is 5.64. The fourth-order valence-corrected chi connectivity index (χ4v) is 3.17. The smallest absolute Gasteiger partial charge is 0.0772 e. The van der Waals surface area contributed by atoms with Crippen LogP contribution in [0.3, 0.4) is 0 Å². The maximum Gasteiger partial charge on any atom is 0.0772 e. The SMILES string of the molecule is CNC(CCCC1CCCO1)c1snnc1C. The van der Waals surface area contributed by atoms with Crippen molar-refractivity contribution in [1.29, 1.82) is 0 Å². The van der Waals surface area contributed by atoms with Crippen LogP contribution in [0.1, 0.15) is 48.7 Å². The van der Waals surface area contributed by atoms with Crippen LogP contribution in [0, 0.1) is 6.92 Å². The number of nitrogens with zero attached hydrogens (tertiary/aromatic N) is 2. The van der Waals surface area contributed by atoms with Crippen molar-refractivity contribution in [2.24, 2.45) is 0 Å². The normalized spacial score (nSPS) is 21.9. The number of aromatic nitrogens is 2. The highest BCUT2D eigenvalue weighted by Gasteiger charge is 2.18. The number of ether oxygens (including phenoxy) is 1. The Morgan fingerprint density at radius 1 is 1.59 bits per heavy atom. The molecule has 0 bridgehead atoms. The van der Waals surface area contributed by atoms with Crippen LogP contribution in [0.25, 0.3) is 0 Å². The van der Waals surface area contributed by atoms with Gasteiger partial charge in [-0.2, -0.15) is 0 Å². The summed E-state index contributed by atoms with van der Waals surface area (Å²) in [5, 5.41) is 7.44. The average Bonchev–Trinajstić information content (AvgIpc) is 2.96. The molecular formula is C12H21N3OS. The first kappa shape index (κ1) is 12.9. The molecule has 0 radical (unpaired) electrons. The van der Waals surface area contributed by atoms with Gasteiger partial charge in [-0.05, 0) is 57.6 Å². The zero-order valence-corrected chi connectivity index (χ0v) is 11.4. The van der Waals surface area contributed by atoms with Crippen molar-refractivity contribution in [1.82, 2.24) is 14.9 Å². The number of hydrogen-bond acceptors (Lipinski definition) is 5. The molecule has 5 heteroatoms. The monoisotopic (exact) mass is 255 g/mol. The number of rotatable bonds is 6. The molecule has 2 rings (SSSR count). The van der Waals surface area contributed by atoms with Gasteiger partial charge in [0.2, 0.25) is 0 Å². The summed E-state index contributed by atoms with van der Waals surface area (Å²) >= 11 is 1.51. The Morgan fingerprint density at radius 2 is 2.47 bits per heavy atom. The summed E-state index contributed by atoms with van der Waals surface area (Å²) in [7, 11) is 2.01. The molecule has 0 aliphatic carbocycles. The van der Waals surface area contributed by atoms with Gasteiger partial charge in [0.05, 0.1) is 16.7 Å². The van der Waals surface area contributed by atoms with E-state index in [4.69, 9.17) is 4.74 Å². The fraction of sp³-hybridized carbons (Fsp3) is 0.833. The first-order chi connectivity index (χ1) is 8.31. The predicted octanol–water partition coefficient (Wildman–Crippen LogP) is 2.46. The van der Waals surface area contributed by atoms with Gasteiger partial charge in [0.1, 0.15) is 0 Å². The molecule has 17 heavy (non-hydrogen) atoms. The Labute approximate surface area is 107 Å². The topological polar surface area (TPSA) is 47.0 Å². The van der Waals surface area contributed by atoms with Gasteiger partial charge in [0.15, 0.2) is 0 Å². The van der Waals surface area contributed by atoms with E-state index in [-0.39, 0.29) is 0 Å². The van der Waals surface area contributed by atoms with E-state index in [0.29, 0.717) is 12.1 Å². The van der Waals surface area contributed by atoms with Gasteiger partial charge in [-0.15, -0.1) is 5.10 Å². The van der Waals surface area contributed by atoms with Crippen LogP contribution in [-0.2, 0) is 4.74 Å². The third kappa shape index (κ3) is 3.47. The minimum absolute atomic E-state index is 0.399. The largest absolute Gasteiger partial charge is 0.378 e. The molecule has 1 saturated heterocycles. The van der Waals surface area contributed by atoms with E-state index >= 15 is 0 Å². The average molecular weight is 255 g/mol. The zero-order valence-electron chi connectivity index (χ0n) is 10.6. The van der Waals surface area contributed by atoms with Gasteiger partial charge >= 0.3 is 0 Å². The van der Waals surface area contributed by atoms with Crippen molar-refractivity contribution in [2.45, 2.75) is 51.2 Å². The van der Waals surface area contributed by atoms with Gasteiger partial charge in [-0.3, -0.25) is 0 Å². The van der Waals surface area contributed by atoms with E-state index < -0.39 is 0 Å². The second-order valence-electron chi connectivity index (χ2n) is 4.63. The quantitative estimate of drug-likeness (QED) is 0.848. The number of nitrogens with one attached hydrogen (secondary N) is 1. The van der Waals surface area contributed by atoms with E-state index in [0.717, 1.165) is 18.7 Å². The molecule has 0 amide bonds. The summed E-state index contributed by atoms with van der Waals surface area (Å²) < 4.78 is 9.64. The second-order valence-corrected chi connectivity index (χ2v) is 5.42. The summed E-state index contributed by atoms with van der Waals surface area (Å²) in [5.41, 5.74) is 1.06. The maximum atomic E-state index is 5.64. The molecule has 1 aliphatic rings. The van der Waals surface area contributed by atoms with E-state index in [1.807, 2.05) is 14.0 Å². The minimum Gasteiger partial charge on any atom is -0.378 e. The Kier molecular flexibility index (Phi) is 4.88. The van der Waals surface area contributed by atoms with Crippen LogP contribution in [-0.4, -0.2) is 29.3 Å². The molecule has 2 heterocycles. The Hall–Kier alpha value is -0.520. The van der Waals surface area contributed by atoms with E-state index in [1.54, 1.807) is 0 Å². The molecule has 0 aromatic carbocycles. The van der Waals surface area contributed by atoms with Crippen LogP contribution in [0.2, 0.25) is 0 Å². The lowest BCUT2D eigenvalue weighted by Gasteiger charge is -2.15. The van der Waals surface area contributed by atoms with Crippen molar-refractivity contribution in [3.8, 4) is 0 Å². The number of aryl methyl sites for hydroxylation is 1. The molecule has 96 valence electrons. The van der Waals surface area contributed by atoms with Crippen LogP contribution in [0.5, 0.6) is 0 Å². The molecule has 1 aromatic rings. The third-order valence-electron chi connectivity index (χ3n) is 3.39. The second kappa shape index (κ2) is 6.42. The third-order valence-corrected chi connectivity index (χ3v) is 4.33. The lowest BCUT2D eigenvalue weighted by molar-refractivity contribution is 0.101. The molecule has 2 atom stereocenters. The van der Waals surface area contributed by atoms with Crippen molar-refractivity contribution >= 4 is 11.5 Å². The van der Waals surface area contributed by atoms with Gasteiger partial charge in [-0.25, -0.2) is 0 Å². The summed E-state index contributed by atoms with van der Waals surface area (Å²) in [4.78, 5) is 1.28. The summed E-state index contributed by atoms with van der Waals surface area (Å²) in [6.45, 7) is 2.99. The lowest BCUT2D eigenvalue weighted by Crippen LogP contribution is -2.17. The predicted molar refractivity (Wildman–Crippen MR) is 69.3 cm³/mol. The fourth-order valence-electron chi connectivity index (χ4n) is 2.38. The van der Waals surface area contributed by atoms with E-state index in [1.165, 1.54) is 42.1 Å². The van der Waals surface area contributed by atoms with Gasteiger partial charge in [0.25, 0.3) is 0 Å². The van der Waals surface area contributed by atoms with E-state index in [9.17, 15) is 0 Å². The van der Waals surface area contributed by atoms with Crippen LogP contribution < -0.4 is 5.32 Å². The summed E-state index contributed by atoms with van der Waals surface area (Å²) in [5.74, 6) is 0. The Balaban J connectivity index is 1.77. The highest BCUT2D eigenvalue weighted by atomic mass is 32.1. The Morgan fingerprint density at radius 3 is 3.06 bits per heavy atom. The summed E-state index contributed by atoms with van der Waals surface area (Å²) in [6.07, 6.45) is 6.51. The molecule has 1 aliphatic heterocycles. The van der Waals surface area contributed by atoms with Gasteiger partial charge in [-0.1, -0.05) is 4.49 Å². The zero-order chi connectivity index (χ0) is 12.1. The van der Waals surface area contributed by atoms with E-state index in [2.05, 4.69) is 14.9 Å². The van der Waals surface area contributed by atoms with Crippen molar-refractivity contribution in [3.05, 3.63) is 10.6 Å². The first-order valence-corrected chi connectivity index (χ1v) is 7.16. The molecule has 1 fully saturated rings. The molecule has 2 unspecified atom stereocenters. The molecular weight excluding hydrogens is 234 g/mol. The lowest BCUT2D eigenvalue weighted by atomic mass is 10.0. The Bertz CT molecular complexity index is 336. The standard InChI is InChI=1S/C12H21N3OS/c1-9-12(17-15-14-9)11(13-2)7-3-5-10-6-4-8-16-10/h10-11,13H,3-8H2,1-2H3. The van der Waals surface area contributed by atoms with Crippen molar-refractivity contribution < 1.29 is 4.74 Å². The molecule has 4 nitrogen and oxygen atoms in total. The minimum atomic E-state index is 0.399. The molecule has 1 N–H and O–H groups in total. The van der Waals surface area contributed by atoms with Crippen LogP contribution >= 0.6 is 11.5 Å². The van der Waals surface area contributed by atoms with Crippen LogP contribution in [0.4, 0.5) is 0 Å². The molecule has 0 spiro atoms. The van der Waals surface area contributed by atoms with Crippen molar-refractivity contribution in [3.63, 3.8) is 0 Å². The van der Waals surface area contributed by atoms with Crippen molar-refractivity contribution in [2.75, 3.05) is 13.7 Å². The highest BCUT2D eigenvalue weighted by Crippen LogP contribution is 2.26. The highest BCUT2D eigenvalue weighted by molar-refractivity contribution is 7.05. The molecule has 1 aromatic heterocycles. The molecule has 0 saturated carbocycles. The first-order valence-electron chi connectivity index (χ1n) is 6.39.